The van der Waals surface area contributed by atoms with Crippen molar-refractivity contribution in [1.82, 2.24) is 4.90 Å². The normalized spacial score (nSPS) is 24.1. The second-order valence-electron chi connectivity index (χ2n) is 4.90. The van der Waals surface area contributed by atoms with E-state index in [1.54, 1.807) is 0 Å². The Morgan fingerprint density at radius 1 is 1.35 bits per heavy atom. The third-order valence-electron chi connectivity index (χ3n) is 3.23. The van der Waals surface area contributed by atoms with Crippen molar-refractivity contribution >= 4 is 5.97 Å². The molecule has 0 aliphatic carbocycles. The molecule has 1 heterocycles. The molecule has 1 aromatic carbocycles. The molecule has 17 heavy (non-hydrogen) atoms. The van der Waals surface area contributed by atoms with Crippen LogP contribution >= 0.6 is 0 Å². The Kier molecular flexibility index (Phi) is 3.48. The number of ether oxygens (including phenoxy) is 1. The molecule has 1 aliphatic heterocycles. The number of carbonyl (C=O) groups is 1. The number of hydrogen-bond acceptors (Lipinski definition) is 3. The summed E-state index contributed by atoms with van der Waals surface area (Å²) in [6.45, 7) is 4.80. The zero-order valence-electron chi connectivity index (χ0n) is 10.6. The van der Waals surface area contributed by atoms with Gasteiger partial charge in [-0.2, -0.15) is 0 Å². The van der Waals surface area contributed by atoms with Gasteiger partial charge in [0.05, 0.1) is 0 Å². The number of hydrogen-bond donors (Lipinski definition) is 0. The van der Waals surface area contributed by atoms with E-state index < -0.39 is 0 Å². The molecule has 92 valence electrons. The molecule has 0 saturated carbocycles. The highest BCUT2D eigenvalue weighted by molar-refractivity contribution is 5.77. The second-order valence-corrected chi connectivity index (χ2v) is 4.90. The van der Waals surface area contributed by atoms with E-state index in [-0.39, 0.29) is 18.1 Å². The number of benzene rings is 1. The van der Waals surface area contributed by atoms with E-state index in [0.717, 1.165) is 13.0 Å². The summed E-state index contributed by atoms with van der Waals surface area (Å²) in [6.07, 6.45) is 0.842. The molecule has 2 rings (SSSR count). The molecular weight excluding hydrogens is 214 g/mol. The average Bonchev–Trinajstić information content (AvgIpc) is 2.61. The van der Waals surface area contributed by atoms with Crippen LogP contribution in [0.1, 0.15) is 24.5 Å². The van der Waals surface area contributed by atoms with Crippen LogP contribution in [0.2, 0.25) is 0 Å². The van der Waals surface area contributed by atoms with Gasteiger partial charge in [-0.05, 0) is 26.5 Å². The molecule has 1 aliphatic rings. The molecule has 3 nitrogen and oxygen atoms in total. The Morgan fingerprint density at radius 2 is 2.00 bits per heavy atom. The van der Waals surface area contributed by atoms with Crippen LogP contribution in [0.15, 0.2) is 24.3 Å². The van der Waals surface area contributed by atoms with Crippen LogP contribution in [0.4, 0.5) is 0 Å². The van der Waals surface area contributed by atoms with Crippen molar-refractivity contribution in [1.29, 1.82) is 0 Å². The lowest BCUT2D eigenvalue weighted by molar-refractivity contribution is -0.144. The summed E-state index contributed by atoms with van der Waals surface area (Å²) >= 11 is 0. The van der Waals surface area contributed by atoms with Crippen molar-refractivity contribution in [2.75, 3.05) is 7.05 Å². The van der Waals surface area contributed by atoms with Crippen molar-refractivity contribution in [2.24, 2.45) is 0 Å². The maximum absolute atomic E-state index is 11.6. The highest BCUT2D eigenvalue weighted by atomic mass is 16.6. The minimum absolute atomic E-state index is 0.0490. The van der Waals surface area contributed by atoms with Gasteiger partial charge in [-0.1, -0.05) is 29.8 Å². The summed E-state index contributed by atoms with van der Waals surface area (Å²) in [4.78, 5) is 13.7. The second kappa shape index (κ2) is 4.88. The van der Waals surface area contributed by atoms with Crippen LogP contribution < -0.4 is 0 Å². The average molecular weight is 233 g/mol. The SMILES string of the molecule is Cc1ccc(CN(C)[C@H]2C[C@H](C)OC2=O)cc1. The van der Waals surface area contributed by atoms with Gasteiger partial charge in [0, 0.05) is 13.0 Å². The minimum atomic E-state index is -0.0914. The smallest absolute Gasteiger partial charge is 0.323 e. The van der Waals surface area contributed by atoms with Crippen molar-refractivity contribution in [3.8, 4) is 0 Å². The molecule has 0 unspecified atom stereocenters. The van der Waals surface area contributed by atoms with E-state index in [1.165, 1.54) is 11.1 Å². The quantitative estimate of drug-likeness (QED) is 0.749. The van der Waals surface area contributed by atoms with Crippen LogP contribution in [0.3, 0.4) is 0 Å². The van der Waals surface area contributed by atoms with Crippen molar-refractivity contribution in [3.05, 3.63) is 35.4 Å². The lowest BCUT2D eigenvalue weighted by Crippen LogP contribution is -2.34. The fourth-order valence-corrected chi connectivity index (χ4v) is 2.19. The standard InChI is InChI=1S/C14H19NO2/c1-10-4-6-12(7-5-10)9-15(3)13-8-11(2)17-14(13)16/h4-7,11,13H,8-9H2,1-3H3/t11-,13-/m0/s1. The molecule has 0 bridgehead atoms. The molecule has 1 fully saturated rings. The molecule has 3 heteroatoms. The van der Waals surface area contributed by atoms with Crippen LogP contribution in [0.25, 0.3) is 0 Å². The number of carbonyl (C=O) groups excluding carboxylic acids is 1. The summed E-state index contributed by atoms with van der Waals surface area (Å²) < 4.78 is 5.17. The number of likely N-dealkylation sites (N-methyl/N-ethyl adjacent to an activating group) is 1. The summed E-state index contributed by atoms with van der Waals surface area (Å²) in [7, 11) is 1.98. The Labute approximate surface area is 102 Å². The van der Waals surface area contributed by atoms with Crippen molar-refractivity contribution in [2.45, 2.75) is 39.0 Å². The van der Waals surface area contributed by atoms with Crippen LogP contribution in [0.5, 0.6) is 0 Å². The summed E-state index contributed by atoms with van der Waals surface area (Å²) in [6, 6.07) is 8.31. The molecule has 0 N–H and O–H groups in total. The first-order valence-electron chi connectivity index (χ1n) is 6.02. The molecule has 2 atom stereocenters. The van der Waals surface area contributed by atoms with Gasteiger partial charge in [0.2, 0.25) is 0 Å². The van der Waals surface area contributed by atoms with E-state index in [4.69, 9.17) is 4.74 Å². The van der Waals surface area contributed by atoms with E-state index in [2.05, 4.69) is 36.1 Å². The number of aryl methyl sites for hydroxylation is 1. The Balaban J connectivity index is 1.99. The van der Waals surface area contributed by atoms with Crippen molar-refractivity contribution in [3.63, 3.8) is 0 Å². The third kappa shape index (κ3) is 2.86. The summed E-state index contributed by atoms with van der Waals surface area (Å²) in [5.74, 6) is -0.0906. The van der Waals surface area contributed by atoms with E-state index >= 15 is 0 Å². The number of esters is 1. The van der Waals surface area contributed by atoms with Gasteiger partial charge in [-0.15, -0.1) is 0 Å². The van der Waals surface area contributed by atoms with Gasteiger partial charge in [0.25, 0.3) is 0 Å². The summed E-state index contributed by atoms with van der Waals surface area (Å²) in [5, 5.41) is 0. The predicted molar refractivity (Wildman–Crippen MR) is 66.6 cm³/mol. The molecule has 0 amide bonds. The first-order chi connectivity index (χ1) is 8.06. The predicted octanol–water partition coefficient (Wildman–Crippen LogP) is 2.13. The van der Waals surface area contributed by atoms with E-state index in [0.29, 0.717) is 0 Å². The van der Waals surface area contributed by atoms with E-state index in [1.807, 2.05) is 14.0 Å². The van der Waals surface area contributed by atoms with Gasteiger partial charge in [0.15, 0.2) is 0 Å². The topological polar surface area (TPSA) is 29.5 Å². The minimum Gasteiger partial charge on any atom is -0.461 e. The van der Waals surface area contributed by atoms with Crippen LogP contribution in [-0.4, -0.2) is 30.1 Å². The number of cyclic esters (lactones) is 1. The highest BCUT2D eigenvalue weighted by Gasteiger charge is 2.34. The Bertz CT molecular complexity index is 399. The van der Waals surface area contributed by atoms with Crippen molar-refractivity contribution < 1.29 is 9.53 Å². The third-order valence-corrected chi connectivity index (χ3v) is 3.23. The monoisotopic (exact) mass is 233 g/mol. The molecule has 0 radical (unpaired) electrons. The first-order valence-corrected chi connectivity index (χ1v) is 6.02. The number of nitrogens with zero attached hydrogens (tertiary/aromatic N) is 1. The molecule has 1 saturated heterocycles. The summed E-state index contributed by atoms with van der Waals surface area (Å²) in [5.41, 5.74) is 2.48. The largest absolute Gasteiger partial charge is 0.461 e. The van der Waals surface area contributed by atoms with Gasteiger partial charge in [0.1, 0.15) is 12.1 Å². The molecule has 0 aromatic heterocycles. The lowest BCUT2D eigenvalue weighted by atomic mass is 10.1. The maximum Gasteiger partial charge on any atom is 0.323 e. The maximum atomic E-state index is 11.6. The fourth-order valence-electron chi connectivity index (χ4n) is 2.19. The fraction of sp³-hybridized carbons (Fsp3) is 0.500. The van der Waals surface area contributed by atoms with E-state index in [9.17, 15) is 4.79 Å². The zero-order chi connectivity index (χ0) is 12.4. The first kappa shape index (κ1) is 12.1. The van der Waals surface area contributed by atoms with Crippen LogP contribution in [0, 0.1) is 6.92 Å². The molecule has 0 spiro atoms. The zero-order valence-corrected chi connectivity index (χ0v) is 10.6. The van der Waals surface area contributed by atoms with Gasteiger partial charge in [-0.3, -0.25) is 9.69 Å². The van der Waals surface area contributed by atoms with Gasteiger partial charge < -0.3 is 4.74 Å². The Hall–Kier alpha value is -1.35. The highest BCUT2D eigenvalue weighted by Crippen LogP contribution is 2.20. The number of rotatable bonds is 3. The van der Waals surface area contributed by atoms with Gasteiger partial charge >= 0.3 is 5.97 Å². The molecular formula is C14H19NO2. The Morgan fingerprint density at radius 3 is 2.53 bits per heavy atom. The lowest BCUT2D eigenvalue weighted by Gasteiger charge is -2.21. The molecule has 1 aromatic rings. The van der Waals surface area contributed by atoms with Gasteiger partial charge in [-0.25, -0.2) is 0 Å². The van der Waals surface area contributed by atoms with Crippen LogP contribution in [-0.2, 0) is 16.1 Å².